The van der Waals surface area contributed by atoms with Crippen LogP contribution in [-0.4, -0.2) is 38.3 Å². The molecule has 2 unspecified atom stereocenters. The van der Waals surface area contributed by atoms with Crippen LogP contribution in [0.3, 0.4) is 0 Å². The Morgan fingerprint density at radius 2 is 2.30 bits per heavy atom. The molecule has 0 bridgehead atoms. The SMILES string of the molecule is CC12CCC(=O)N1C(C(=O)Nc1cc([N+](=O)[O-])ccc1F)CS2. The lowest BCUT2D eigenvalue weighted by Crippen LogP contribution is -2.48. The Hall–Kier alpha value is -2.16. The molecule has 2 atom stereocenters. The quantitative estimate of drug-likeness (QED) is 0.673. The van der Waals surface area contributed by atoms with Crippen molar-refractivity contribution in [3.05, 3.63) is 34.1 Å². The lowest BCUT2D eigenvalue weighted by atomic mass is 10.2. The Balaban J connectivity index is 1.81. The van der Waals surface area contributed by atoms with Gasteiger partial charge in [0.1, 0.15) is 11.9 Å². The molecule has 2 amide bonds. The summed E-state index contributed by atoms with van der Waals surface area (Å²) in [4.78, 5) is 35.7. The van der Waals surface area contributed by atoms with E-state index in [0.717, 1.165) is 18.2 Å². The second kappa shape index (κ2) is 5.48. The van der Waals surface area contributed by atoms with E-state index in [1.54, 1.807) is 4.90 Å². The fourth-order valence-corrected chi connectivity index (χ4v) is 4.39. The summed E-state index contributed by atoms with van der Waals surface area (Å²) in [5, 5.41) is 13.1. The third-order valence-electron chi connectivity index (χ3n) is 4.17. The zero-order valence-electron chi connectivity index (χ0n) is 12.2. The molecule has 0 saturated carbocycles. The van der Waals surface area contributed by atoms with Crippen molar-refractivity contribution in [1.82, 2.24) is 4.90 Å². The molecule has 0 aromatic heterocycles. The van der Waals surface area contributed by atoms with E-state index >= 15 is 0 Å². The summed E-state index contributed by atoms with van der Waals surface area (Å²) >= 11 is 1.52. The van der Waals surface area contributed by atoms with Crippen molar-refractivity contribution < 1.29 is 18.9 Å². The number of carbonyl (C=O) groups excluding carboxylic acids is 2. The molecule has 2 fully saturated rings. The number of rotatable bonds is 3. The number of nitrogens with zero attached hydrogens (tertiary/aromatic N) is 2. The normalized spacial score (nSPS) is 26.3. The highest BCUT2D eigenvalue weighted by Gasteiger charge is 2.52. The van der Waals surface area contributed by atoms with Crippen LogP contribution in [0.15, 0.2) is 18.2 Å². The Bertz CT molecular complexity index is 713. The highest BCUT2D eigenvalue weighted by atomic mass is 32.2. The van der Waals surface area contributed by atoms with Gasteiger partial charge in [0.2, 0.25) is 11.8 Å². The third-order valence-corrected chi connectivity index (χ3v) is 5.67. The van der Waals surface area contributed by atoms with Crippen molar-refractivity contribution in [1.29, 1.82) is 0 Å². The fraction of sp³-hybridized carbons (Fsp3) is 0.429. The zero-order chi connectivity index (χ0) is 16.8. The molecule has 23 heavy (non-hydrogen) atoms. The van der Waals surface area contributed by atoms with Crippen LogP contribution in [0.2, 0.25) is 0 Å². The molecular weight excluding hydrogens is 325 g/mol. The Kier molecular flexibility index (Phi) is 3.75. The molecule has 0 spiro atoms. The number of non-ortho nitro benzene ring substituents is 1. The van der Waals surface area contributed by atoms with Gasteiger partial charge < -0.3 is 10.2 Å². The summed E-state index contributed by atoms with van der Waals surface area (Å²) in [6.07, 6.45) is 1.06. The molecule has 122 valence electrons. The molecule has 2 heterocycles. The van der Waals surface area contributed by atoms with E-state index in [1.165, 1.54) is 11.8 Å². The number of hydrogen-bond acceptors (Lipinski definition) is 5. The number of hydrogen-bond donors (Lipinski definition) is 1. The molecule has 2 aliphatic rings. The number of thioether (sulfide) groups is 1. The number of nitro groups is 1. The van der Waals surface area contributed by atoms with Crippen molar-refractivity contribution in [2.45, 2.75) is 30.7 Å². The largest absolute Gasteiger partial charge is 0.322 e. The van der Waals surface area contributed by atoms with Gasteiger partial charge in [0.25, 0.3) is 5.69 Å². The molecular formula is C14H14FN3O4S. The number of carbonyl (C=O) groups is 2. The molecule has 2 saturated heterocycles. The van der Waals surface area contributed by atoms with Crippen molar-refractivity contribution >= 4 is 35.0 Å². The lowest BCUT2D eigenvalue weighted by Gasteiger charge is -2.29. The standard InChI is InChI=1S/C14H14FN3O4S/c1-14-5-4-12(19)17(14)11(7-23-14)13(20)16-10-6-8(18(21)22)2-3-9(10)15/h2-3,6,11H,4-5,7H2,1H3,(H,16,20). The van der Waals surface area contributed by atoms with Gasteiger partial charge in [-0.1, -0.05) is 0 Å². The number of nitro benzene ring substituents is 1. The summed E-state index contributed by atoms with van der Waals surface area (Å²) in [5.74, 6) is -0.969. The molecule has 1 aromatic rings. The Morgan fingerprint density at radius 1 is 1.57 bits per heavy atom. The van der Waals surface area contributed by atoms with Crippen LogP contribution in [0.4, 0.5) is 15.8 Å². The number of anilines is 1. The molecule has 0 aliphatic carbocycles. The monoisotopic (exact) mass is 339 g/mol. The first-order valence-electron chi connectivity index (χ1n) is 7.03. The highest BCUT2D eigenvalue weighted by Crippen LogP contribution is 2.47. The number of benzene rings is 1. The summed E-state index contributed by atoms with van der Waals surface area (Å²) < 4.78 is 13.8. The van der Waals surface area contributed by atoms with Gasteiger partial charge in [0.05, 0.1) is 15.5 Å². The van der Waals surface area contributed by atoms with E-state index in [2.05, 4.69) is 5.32 Å². The second-order valence-electron chi connectivity index (χ2n) is 5.68. The maximum absolute atomic E-state index is 13.8. The number of fused-ring (bicyclic) bond motifs is 1. The third kappa shape index (κ3) is 2.65. The summed E-state index contributed by atoms with van der Waals surface area (Å²) in [7, 11) is 0. The summed E-state index contributed by atoms with van der Waals surface area (Å²) in [5.41, 5.74) is -0.570. The Labute approximate surface area is 135 Å². The minimum absolute atomic E-state index is 0.0998. The number of amides is 2. The van der Waals surface area contributed by atoms with Gasteiger partial charge in [-0.3, -0.25) is 19.7 Å². The average Bonchev–Trinajstić information content (AvgIpc) is 2.98. The van der Waals surface area contributed by atoms with E-state index in [0.29, 0.717) is 18.6 Å². The average molecular weight is 339 g/mol. The molecule has 2 aliphatic heterocycles. The van der Waals surface area contributed by atoms with Gasteiger partial charge in [-0.25, -0.2) is 4.39 Å². The first kappa shape index (κ1) is 15.7. The lowest BCUT2D eigenvalue weighted by molar-refractivity contribution is -0.384. The van der Waals surface area contributed by atoms with Crippen LogP contribution in [0, 0.1) is 15.9 Å². The molecule has 7 nitrogen and oxygen atoms in total. The van der Waals surface area contributed by atoms with Crippen LogP contribution in [0.1, 0.15) is 19.8 Å². The maximum Gasteiger partial charge on any atom is 0.271 e. The molecule has 0 radical (unpaired) electrons. The van der Waals surface area contributed by atoms with Crippen molar-refractivity contribution in [2.24, 2.45) is 0 Å². The summed E-state index contributed by atoms with van der Waals surface area (Å²) in [6.45, 7) is 1.91. The van der Waals surface area contributed by atoms with Gasteiger partial charge >= 0.3 is 0 Å². The van der Waals surface area contributed by atoms with Gasteiger partial charge in [-0.2, -0.15) is 0 Å². The van der Waals surface area contributed by atoms with E-state index in [-0.39, 0.29) is 17.3 Å². The first-order valence-corrected chi connectivity index (χ1v) is 8.01. The predicted octanol–water partition coefficient (Wildman–Crippen LogP) is 2.13. The maximum atomic E-state index is 13.8. The van der Waals surface area contributed by atoms with Gasteiger partial charge in [-0.05, 0) is 19.4 Å². The van der Waals surface area contributed by atoms with Crippen LogP contribution < -0.4 is 5.32 Å². The predicted molar refractivity (Wildman–Crippen MR) is 82.4 cm³/mol. The van der Waals surface area contributed by atoms with Crippen molar-refractivity contribution in [3.8, 4) is 0 Å². The van der Waals surface area contributed by atoms with Gasteiger partial charge in [-0.15, -0.1) is 11.8 Å². The van der Waals surface area contributed by atoms with Crippen molar-refractivity contribution in [3.63, 3.8) is 0 Å². The van der Waals surface area contributed by atoms with Crippen LogP contribution in [0.25, 0.3) is 0 Å². The number of nitrogens with one attached hydrogen (secondary N) is 1. The van der Waals surface area contributed by atoms with Crippen LogP contribution >= 0.6 is 11.8 Å². The minimum Gasteiger partial charge on any atom is -0.322 e. The fourth-order valence-electron chi connectivity index (χ4n) is 2.95. The first-order chi connectivity index (χ1) is 10.8. The van der Waals surface area contributed by atoms with E-state index < -0.39 is 27.6 Å². The Morgan fingerprint density at radius 3 is 3.00 bits per heavy atom. The van der Waals surface area contributed by atoms with Gasteiger partial charge in [0, 0.05) is 24.3 Å². The molecule has 1 aromatic carbocycles. The zero-order valence-corrected chi connectivity index (χ0v) is 13.1. The van der Waals surface area contributed by atoms with E-state index in [9.17, 15) is 24.1 Å². The minimum atomic E-state index is -0.759. The van der Waals surface area contributed by atoms with Crippen LogP contribution in [0.5, 0.6) is 0 Å². The van der Waals surface area contributed by atoms with Crippen molar-refractivity contribution in [2.75, 3.05) is 11.1 Å². The second-order valence-corrected chi connectivity index (χ2v) is 7.18. The highest BCUT2D eigenvalue weighted by molar-refractivity contribution is 8.01. The topological polar surface area (TPSA) is 92.6 Å². The van der Waals surface area contributed by atoms with Gasteiger partial charge in [0.15, 0.2) is 0 Å². The smallest absolute Gasteiger partial charge is 0.271 e. The number of halogens is 1. The molecule has 1 N–H and O–H groups in total. The van der Waals surface area contributed by atoms with Crippen LogP contribution in [-0.2, 0) is 9.59 Å². The molecule has 3 rings (SSSR count). The van der Waals surface area contributed by atoms with E-state index in [1.807, 2.05) is 6.92 Å². The molecule has 9 heteroatoms. The summed E-state index contributed by atoms with van der Waals surface area (Å²) in [6, 6.07) is 2.23. The van der Waals surface area contributed by atoms with E-state index in [4.69, 9.17) is 0 Å².